The van der Waals surface area contributed by atoms with Crippen LogP contribution in [0.15, 0.2) is 22.9 Å². The second-order valence-electron chi connectivity index (χ2n) is 6.17. The highest BCUT2D eigenvalue weighted by atomic mass is 16.3. The molecule has 3 heterocycles. The number of aliphatic hydroxyl groups is 1. The predicted octanol–water partition coefficient (Wildman–Crippen LogP) is 2.82. The summed E-state index contributed by atoms with van der Waals surface area (Å²) >= 11 is 0. The van der Waals surface area contributed by atoms with Crippen molar-refractivity contribution in [3.63, 3.8) is 0 Å². The number of nitrogens with zero attached hydrogens (tertiary/aromatic N) is 3. The summed E-state index contributed by atoms with van der Waals surface area (Å²) in [6.07, 6.45) is 3.67. The molecule has 0 aliphatic carbocycles. The summed E-state index contributed by atoms with van der Waals surface area (Å²) in [6, 6.07) is 4.26. The number of hydrogen-bond donors (Lipinski definition) is 2. The van der Waals surface area contributed by atoms with E-state index in [1.54, 1.807) is 6.33 Å². The molecule has 2 N–H and O–H groups in total. The van der Waals surface area contributed by atoms with Gasteiger partial charge < -0.3 is 19.7 Å². The highest BCUT2D eigenvalue weighted by molar-refractivity contribution is 5.51. The zero-order valence-corrected chi connectivity index (χ0v) is 13.9. The fraction of sp³-hybridized carbons (Fsp3) is 0.529. The smallest absolute Gasteiger partial charge is 0.134 e. The molecule has 0 saturated carbocycles. The van der Waals surface area contributed by atoms with Gasteiger partial charge in [0.1, 0.15) is 29.5 Å². The molecule has 1 aliphatic heterocycles. The van der Waals surface area contributed by atoms with Crippen molar-refractivity contribution in [2.45, 2.75) is 45.7 Å². The van der Waals surface area contributed by atoms with Gasteiger partial charge in [0.05, 0.1) is 18.7 Å². The number of nitrogens with one attached hydrogen (secondary N) is 1. The van der Waals surface area contributed by atoms with Crippen LogP contribution in [0, 0.1) is 13.8 Å². The summed E-state index contributed by atoms with van der Waals surface area (Å²) in [7, 11) is 0. The van der Waals surface area contributed by atoms with Crippen molar-refractivity contribution in [2.75, 3.05) is 23.4 Å². The lowest BCUT2D eigenvalue weighted by Gasteiger charge is -2.24. The van der Waals surface area contributed by atoms with Gasteiger partial charge in [-0.1, -0.05) is 0 Å². The molecular weight excluding hydrogens is 292 g/mol. The lowest BCUT2D eigenvalue weighted by atomic mass is 10.1. The highest BCUT2D eigenvalue weighted by Crippen LogP contribution is 2.27. The van der Waals surface area contributed by atoms with Gasteiger partial charge in [0.25, 0.3) is 0 Å². The van der Waals surface area contributed by atoms with Gasteiger partial charge in [-0.25, -0.2) is 9.97 Å². The van der Waals surface area contributed by atoms with Crippen LogP contribution in [0.1, 0.15) is 42.9 Å². The first-order valence-corrected chi connectivity index (χ1v) is 8.11. The van der Waals surface area contributed by atoms with Crippen molar-refractivity contribution in [3.05, 3.63) is 35.5 Å². The quantitative estimate of drug-likeness (QED) is 0.883. The van der Waals surface area contributed by atoms with Gasteiger partial charge in [-0.15, -0.1) is 0 Å². The Morgan fingerprint density at radius 2 is 2.22 bits per heavy atom. The maximum Gasteiger partial charge on any atom is 0.134 e. The van der Waals surface area contributed by atoms with Crippen molar-refractivity contribution < 1.29 is 9.52 Å². The van der Waals surface area contributed by atoms with Crippen molar-refractivity contribution in [1.29, 1.82) is 0 Å². The number of aliphatic hydroxyl groups excluding tert-OH is 1. The monoisotopic (exact) mass is 316 g/mol. The molecule has 0 aromatic carbocycles. The zero-order valence-electron chi connectivity index (χ0n) is 13.9. The standard InChI is InChI=1S/C17H24N4O2/c1-11-7-15(13(3)23-11)12(2)20-16-8-17(19-10-18-16)21-6-4-5-14(21)9-22/h7-8,10,12,14,22H,4-6,9H2,1-3H3,(H,18,19,20)/t12-,14+/m0/s1. The number of anilines is 2. The molecule has 6 nitrogen and oxygen atoms in total. The summed E-state index contributed by atoms with van der Waals surface area (Å²) in [5.74, 6) is 3.49. The van der Waals surface area contributed by atoms with Gasteiger partial charge in [0.2, 0.25) is 0 Å². The van der Waals surface area contributed by atoms with Crippen molar-refractivity contribution in [1.82, 2.24) is 9.97 Å². The Hall–Kier alpha value is -2.08. The first kappa shape index (κ1) is 15.8. The van der Waals surface area contributed by atoms with Gasteiger partial charge in [-0.05, 0) is 39.7 Å². The van der Waals surface area contributed by atoms with Crippen LogP contribution in [-0.4, -0.2) is 34.3 Å². The Labute approximate surface area is 136 Å². The Morgan fingerprint density at radius 1 is 1.39 bits per heavy atom. The first-order chi connectivity index (χ1) is 11.1. The molecule has 2 atom stereocenters. The molecule has 1 fully saturated rings. The van der Waals surface area contributed by atoms with Crippen LogP contribution in [-0.2, 0) is 0 Å². The average molecular weight is 316 g/mol. The van der Waals surface area contributed by atoms with Gasteiger partial charge in [0, 0.05) is 18.2 Å². The van der Waals surface area contributed by atoms with Crippen LogP contribution in [0.2, 0.25) is 0 Å². The average Bonchev–Trinajstić information content (AvgIpc) is 3.13. The molecule has 6 heteroatoms. The molecule has 2 aromatic heterocycles. The normalized spacial score (nSPS) is 19.1. The molecule has 0 amide bonds. The third-order valence-corrected chi connectivity index (χ3v) is 4.45. The summed E-state index contributed by atoms with van der Waals surface area (Å²) in [5, 5.41) is 12.9. The summed E-state index contributed by atoms with van der Waals surface area (Å²) in [5.41, 5.74) is 1.14. The van der Waals surface area contributed by atoms with E-state index in [1.165, 1.54) is 0 Å². The first-order valence-electron chi connectivity index (χ1n) is 8.11. The minimum atomic E-state index is 0.0995. The zero-order chi connectivity index (χ0) is 16.4. The summed E-state index contributed by atoms with van der Waals surface area (Å²) in [6.45, 7) is 7.11. The van der Waals surface area contributed by atoms with Crippen molar-refractivity contribution >= 4 is 11.6 Å². The molecule has 0 unspecified atom stereocenters. The Bertz CT molecular complexity index is 670. The third-order valence-electron chi connectivity index (χ3n) is 4.45. The van der Waals surface area contributed by atoms with Crippen molar-refractivity contribution in [2.24, 2.45) is 0 Å². The number of aryl methyl sites for hydroxylation is 2. The van der Waals surface area contributed by atoms with Gasteiger partial charge in [-0.3, -0.25) is 0 Å². The number of aromatic nitrogens is 2. The minimum Gasteiger partial charge on any atom is -0.466 e. The third kappa shape index (κ3) is 3.32. The van der Waals surface area contributed by atoms with Gasteiger partial charge >= 0.3 is 0 Å². The maximum atomic E-state index is 9.48. The van der Waals surface area contributed by atoms with Crippen molar-refractivity contribution in [3.8, 4) is 0 Å². The summed E-state index contributed by atoms with van der Waals surface area (Å²) < 4.78 is 5.60. The van der Waals surface area contributed by atoms with Crippen LogP contribution >= 0.6 is 0 Å². The van der Waals surface area contributed by atoms with Crippen LogP contribution in [0.3, 0.4) is 0 Å². The number of furan rings is 1. The fourth-order valence-corrected chi connectivity index (χ4v) is 3.29. The largest absolute Gasteiger partial charge is 0.466 e. The second kappa shape index (κ2) is 6.58. The lowest BCUT2D eigenvalue weighted by molar-refractivity contribution is 0.266. The molecule has 0 spiro atoms. The van der Waals surface area contributed by atoms with E-state index in [-0.39, 0.29) is 18.7 Å². The number of hydrogen-bond acceptors (Lipinski definition) is 6. The lowest BCUT2D eigenvalue weighted by Crippen LogP contribution is -2.32. The maximum absolute atomic E-state index is 9.48. The van der Waals surface area contributed by atoms with E-state index in [4.69, 9.17) is 4.42 Å². The molecule has 124 valence electrons. The van der Waals surface area contributed by atoms with Gasteiger partial charge in [0.15, 0.2) is 0 Å². The van der Waals surface area contributed by atoms with E-state index >= 15 is 0 Å². The fourth-order valence-electron chi connectivity index (χ4n) is 3.29. The van der Waals surface area contributed by atoms with E-state index in [9.17, 15) is 5.11 Å². The molecular formula is C17H24N4O2. The molecule has 1 aliphatic rings. The Balaban J connectivity index is 1.76. The van der Waals surface area contributed by atoms with E-state index in [2.05, 4.69) is 33.2 Å². The second-order valence-corrected chi connectivity index (χ2v) is 6.17. The molecule has 1 saturated heterocycles. The van der Waals surface area contributed by atoms with Gasteiger partial charge in [-0.2, -0.15) is 0 Å². The van der Waals surface area contributed by atoms with Crippen LogP contribution in [0.4, 0.5) is 11.6 Å². The number of rotatable bonds is 5. The molecule has 3 rings (SSSR count). The van der Waals surface area contributed by atoms with E-state index in [1.807, 2.05) is 19.9 Å². The van der Waals surface area contributed by atoms with Crippen LogP contribution in [0.25, 0.3) is 0 Å². The summed E-state index contributed by atoms with van der Waals surface area (Å²) in [4.78, 5) is 10.8. The molecule has 23 heavy (non-hydrogen) atoms. The van der Waals surface area contributed by atoms with Crippen LogP contribution in [0.5, 0.6) is 0 Å². The Morgan fingerprint density at radius 3 is 2.91 bits per heavy atom. The Kier molecular flexibility index (Phi) is 4.52. The van der Waals surface area contributed by atoms with Crippen LogP contribution < -0.4 is 10.2 Å². The van der Waals surface area contributed by atoms with E-state index in [0.717, 1.165) is 48.1 Å². The molecule has 2 aromatic rings. The minimum absolute atomic E-state index is 0.0995. The predicted molar refractivity (Wildman–Crippen MR) is 89.7 cm³/mol. The SMILES string of the molecule is Cc1cc([C@H](C)Nc2cc(N3CCC[C@@H]3CO)ncn2)c(C)o1. The molecule has 0 radical (unpaired) electrons. The highest BCUT2D eigenvalue weighted by Gasteiger charge is 2.25. The van der Waals surface area contributed by atoms with E-state index in [0.29, 0.717) is 0 Å². The van der Waals surface area contributed by atoms with E-state index < -0.39 is 0 Å². The topological polar surface area (TPSA) is 74.4 Å². The molecule has 0 bridgehead atoms.